The lowest BCUT2D eigenvalue weighted by molar-refractivity contribution is -0.137. The van der Waals surface area contributed by atoms with Crippen LogP contribution in [0.3, 0.4) is 0 Å². The zero-order chi connectivity index (χ0) is 21.6. The van der Waals surface area contributed by atoms with Gasteiger partial charge in [0.1, 0.15) is 10.5 Å². The summed E-state index contributed by atoms with van der Waals surface area (Å²) in [5.74, 6) is -2.63. The Balaban J connectivity index is 2.00. The first-order chi connectivity index (χ1) is 14.2. The van der Waals surface area contributed by atoms with Crippen molar-refractivity contribution in [2.24, 2.45) is 5.73 Å². The van der Waals surface area contributed by atoms with Crippen molar-refractivity contribution in [1.82, 2.24) is 9.38 Å². The fourth-order valence-corrected chi connectivity index (χ4v) is 4.31. The van der Waals surface area contributed by atoms with Gasteiger partial charge in [0.05, 0.1) is 27.9 Å². The minimum absolute atomic E-state index is 0.0798. The first-order valence-corrected chi connectivity index (χ1v) is 9.30. The summed E-state index contributed by atoms with van der Waals surface area (Å²) in [7, 11) is 0. The molecule has 4 aromatic rings. The van der Waals surface area contributed by atoms with E-state index in [1.165, 1.54) is 18.3 Å². The number of fused-ring (bicyclic) bond motifs is 1. The summed E-state index contributed by atoms with van der Waals surface area (Å²) in [6, 6.07) is 9.90. The molecule has 30 heavy (non-hydrogen) atoms. The van der Waals surface area contributed by atoms with Gasteiger partial charge in [-0.2, -0.15) is 13.2 Å². The van der Waals surface area contributed by atoms with Crippen LogP contribution in [0.5, 0.6) is 0 Å². The standard InChI is InChI=1S/C20H12F3N3O3S/c21-20(22,23)16-10(4-3-5-11(16)19(28)29)12-8-14(30-17(12)18(24)27)13-9-25-15-6-1-2-7-26(13)15/h1-9H,(H2,24,27)(H,28,29). The van der Waals surface area contributed by atoms with Crippen LogP contribution in [0.2, 0.25) is 0 Å². The van der Waals surface area contributed by atoms with Gasteiger partial charge in [0.2, 0.25) is 0 Å². The second-order valence-corrected chi connectivity index (χ2v) is 7.37. The molecule has 0 aliphatic heterocycles. The molecular formula is C20H12F3N3O3S. The third-order valence-corrected chi connectivity index (χ3v) is 5.67. The van der Waals surface area contributed by atoms with Crippen LogP contribution in [-0.2, 0) is 6.18 Å². The summed E-state index contributed by atoms with van der Waals surface area (Å²) >= 11 is 0.918. The summed E-state index contributed by atoms with van der Waals surface area (Å²) in [6.07, 6.45) is -1.69. The molecule has 0 spiro atoms. The Bertz CT molecular complexity index is 1310. The third kappa shape index (κ3) is 3.20. The van der Waals surface area contributed by atoms with Crippen molar-refractivity contribution in [3.05, 3.63) is 70.9 Å². The molecule has 10 heteroatoms. The number of carboxylic acids is 1. The summed E-state index contributed by atoms with van der Waals surface area (Å²) < 4.78 is 43.1. The summed E-state index contributed by atoms with van der Waals surface area (Å²) in [4.78, 5) is 28.0. The fourth-order valence-electron chi connectivity index (χ4n) is 3.28. The van der Waals surface area contributed by atoms with Crippen LogP contribution >= 0.6 is 11.3 Å². The van der Waals surface area contributed by atoms with Crippen LogP contribution in [0, 0.1) is 0 Å². The third-order valence-electron chi connectivity index (χ3n) is 4.49. The highest BCUT2D eigenvalue weighted by molar-refractivity contribution is 7.18. The van der Waals surface area contributed by atoms with Crippen molar-refractivity contribution >= 4 is 28.9 Å². The molecular weight excluding hydrogens is 419 g/mol. The number of aromatic carboxylic acids is 1. The summed E-state index contributed by atoms with van der Waals surface area (Å²) in [5, 5.41) is 9.25. The Morgan fingerprint density at radius 3 is 2.53 bits per heavy atom. The van der Waals surface area contributed by atoms with Crippen molar-refractivity contribution in [3.63, 3.8) is 0 Å². The van der Waals surface area contributed by atoms with Crippen molar-refractivity contribution in [1.29, 1.82) is 0 Å². The Kier molecular flexibility index (Phi) is 4.58. The smallest absolute Gasteiger partial charge is 0.417 e. The number of thiophene rings is 1. The van der Waals surface area contributed by atoms with Gasteiger partial charge in [-0.3, -0.25) is 9.20 Å². The monoisotopic (exact) mass is 431 g/mol. The van der Waals surface area contributed by atoms with Crippen molar-refractivity contribution in [2.45, 2.75) is 6.18 Å². The molecule has 0 bridgehead atoms. The van der Waals surface area contributed by atoms with E-state index in [2.05, 4.69) is 4.98 Å². The largest absolute Gasteiger partial charge is 0.478 e. The molecule has 152 valence electrons. The molecule has 1 amide bonds. The second kappa shape index (κ2) is 6.99. The highest BCUT2D eigenvalue weighted by atomic mass is 32.1. The minimum atomic E-state index is -4.95. The first-order valence-electron chi connectivity index (χ1n) is 8.48. The molecule has 0 unspecified atom stereocenters. The highest BCUT2D eigenvalue weighted by Crippen LogP contribution is 2.44. The van der Waals surface area contributed by atoms with E-state index in [0.717, 1.165) is 23.5 Å². The number of nitrogens with two attached hydrogens (primary N) is 1. The molecule has 0 saturated heterocycles. The Hall–Kier alpha value is -3.66. The number of rotatable bonds is 4. The molecule has 3 N–H and O–H groups in total. The number of hydrogen-bond acceptors (Lipinski definition) is 4. The number of nitrogens with zero attached hydrogens (tertiary/aromatic N) is 2. The molecule has 6 nitrogen and oxygen atoms in total. The van der Waals surface area contributed by atoms with E-state index >= 15 is 0 Å². The van der Waals surface area contributed by atoms with E-state index in [-0.39, 0.29) is 10.4 Å². The van der Waals surface area contributed by atoms with E-state index in [9.17, 15) is 27.9 Å². The SMILES string of the molecule is NC(=O)c1sc(-c2cnc3ccccn23)cc1-c1cccc(C(=O)O)c1C(F)(F)F. The number of halogens is 3. The molecule has 0 fully saturated rings. The topological polar surface area (TPSA) is 97.7 Å². The van der Waals surface area contributed by atoms with Crippen LogP contribution in [0.15, 0.2) is 54.9 Å². The van der Waals surface area contributed by atoms with E-state index < -0.39 is 34.7 Å². The average molecular weight is 431 g/mol. The lowest BCUT2D eigenvalue weighted by Crippen LogP contribution is -2.16. The molecule has 0 aliphatic carbocycles. The van der Waals surface area contributed by atoms with E-state index in [4.69, 9.17) is 5.73 Å². The van der Waals surface area contributed by atoms with Crippen molar-refractivity contribution < 1.29 is 27.9 Å². The number of aromatic nitrogens is 2. The number of primary amides is 1. The molecule has 0 aliphatic rings. The Labute approximate surface area is 171 Å². The molecule has 3 heterocycles. The molecule has 0 atom stereocenters. The van der Waals surface area contributed by atoms with Crippen LogP contribution in [0.25, 0.3) is 27.3 Å². The maximum absolute atomic E-state index is 13.8. The fraction of sp³-hybridized carbons (Fsp3) is 0.0500. The molecule has 3 aromatic heterocycles. The van der Waals surface area contributed by atoms with Gasteiger partial charge < -0.3 is 10.8 Å². The molecule has 0 saturated carbocycles. The number of carbonyl (C=O) groups excluding carboxylic acids is 1. The van der Waals surface area contributed by atoms with Crippen LogP contribution < -0.4 is 5.73 Å². The number of pyridine rings is 1. The number of benzene rings is 1. The van der Waals surface area contributed by atoms with Crippen LogP contribution in [0.1, 0.15) is 25.6 Å². The maximum atomic E-state index is 13.8. The van der Waals surface area contributed by atoms with E-state index in [1.54, 1.807) is 28.8 Å². The number of carbonyl (C=O) groups is 2. The number of amides is 1. The quantitative estimate of drug-likeness (QED) is 0.496. The minimum Gasteiger partial charge on any atom is -0.478 e. The molecule has 4 rings (SSSR count). The van der Waals surface area contributed by atoms with Crippen molar-refractivity contribution in [2.75, 3.05) is 0 Å². The first kappa shape index (κ1) is 19.6. The second-order valence-electron chi connectivity index (χ2n) is 6.32. The average Bonchev–Trinajstić information content (AvgIpc) is 3.31. The van der Waals surface area contributed by atoms with E-state index in [1.807, 2.05) is 0 Å². The number of imidazole rings is 1. The normalized spacial score (nSPS) is 11.7. The number of alkyl halides is 3. The summed E-state index contributed by atoms with van der Waals surface area (Å²) in [6.45, 7) is 0. The van der Waals surface area contributed by atoms with Gasteiger partial charge in [0.25, 0.3) is 5.91 Å². The Morgan fingerprint density at radius 1 is 1.10 bits per heavy atom. The van der Waals surface area contributed by atoms with Gasteiger partial charge in [-0.1, -0.05) is 18.2 Å². The van der Waals surface area contributed by atoms with Gasteiger partial charge >= 0.3 is 12.1 Å². The van der Waals surface area contributed by atoms with Gasteiger partial charge in [0, 0.05) is 11.8 Å². The zero-order valence-corrected chi connectivity index (χ0v) is 15.8. The zero-order valence-electron chi connectivity index (χ0n) is 15.0. The lowest BCUT2D eigenvalue weighted by atomic mass is 9.94. The van der Waals surface area contributed by atoms with E-state index in [0.29, 0.717) is 16.2 Å². The number of carboxylic acid groups (broad SMARTS) is 1. The Morgan fingerprint density at radius 2 is 1.87 bits per heavy atom. The predicted molar refractivity (Wildman–Crippen MR) is 104 cm³/mol. The maximum Gasteiger partial charge on any atom is 0.417 e. The van der Waals surface area contributed by atoms with Crippen molar-refractivity contribution in [3.8, 4) is 21.7 Å². The number of hydrogen-bond donors (Lipinski definition) is 2. The summed E-state index contributed by atoms with van der Waals surface area (Å²) in [5.41, 5.74) is 3.88. The highest BCUT2D eigenvalue weighted by Gasteiger charge is 2.39. The van der Waals surface area contributed by atoms with Crippen LogP contribution in [0.4, 0.5) is 13.2 Å². The molecule has 1 aromatic carbocycles. The lowest BCUT2D eigenvalue weighted by Gasteiger charge is -2.15. The van der Waals surface area contributed by atoms with Gasteiger partial charge in [-0.05, 0) is 29.8 Å². The van der Waals surface area contributed by atoms with Crippen LogP contribution in [-0.4, -0.2) is 26.4 Å². The van der Waals surface area contributed by atoms with Gasteiger partial charge in [-0.15, -0.1) is 11.3 Å². The predicted octanol–water partition coefficient (Wildman–Crippen LogP) is 4.55. The van der Waals surface area contributed by atoms with Gasteiger partial charge in [-0.25, -0.2) is 9.78 Å². The molecule has 0 radical (unpaired) electrons. The van der Waals surface area contributed by atoms with Gasteiger partial charge in [0.15, 0.2) is 0 Å².